The Morgan fingerprint density at radius 1 is 1.30 bits per heavy atom. The van der Waals surface area contributed by atoms with Crippen molar-refractivity contribution in [3.8, 4) is 6.07 Å². The molecule has 9 heteroatoms. The van der Waals surface area contributed by atoms with Gasteiger partial charge in [-0.3, -0.25) is 9.79 Å². The molecule has 0 saturated carbocycles. The van der Waals surface area contributed by atoms with Crippen molar-refractivity contribution in [3.05, 3.63) is 64.2 Å². The molecule has 1 heterocycles. The third kappa shape index (κ3) is 4.43. The molecule has 27 heavy (non-hydrogen) atoms. The Bertz CT molecular complexity index is 969. The molecule has 0 bridgehead atoms. The molecule has 0 radical (unpaired) electrons. The molecule has 0 fully saturated rings. The van der Waals surface area contributed by atoms with E-state index in [1.807, 2.05) is 6.07 Å². The van der Waals surface area contributed by atoms with E-state index in [0.717, 1.165) is 17.7 Å². The van der Waals surface area contributed by atoms with E-state index in [4.69, 9.17) is 16.9 Å². The van der Waals surface area contributed by atoms with Gasteiger partial charge in [0.25, 0.3) is 0 Å². The lowest BCUT2D eigenvalue weighted by Crippen LogP contribution is -2.26. The number of rotatable bonds is 3. The minimum Gasteiger partial charge on any atom is -0.324 e. The number of benzene rings is 2. The lowest BCUT2D eigenvalue weighted by Gasteiger charge is -2.12. The van der Waals surface area contributed by atoms with Crippen LogP contribution in [0.25, 0.3) is 0 Å². The number of hydrogen-bond donors (Lipinski definition) is 1. The first-order chi connectivity index (χ1) is 12.8. The summed E-state index contributed by atoms with van der Waals surface area (Å²) in [4.78, 5) is 16.7. The number of carbonyl (C=O) groups excluding carboxylic acids is 1. The molecule has 0 aromatic heterocycles. The van der Waals surface area contributed by atoms with Crippen LogP contribution in [-0.4, -0.2) is 22.7 Å². The summed E-state index contributed by atoms with van der Waals surface area (Å²) in [7, 11) is 0. The summed E-state index contributed by atoms with van der Waals surface area (Å²) in [5, 5.41) is 12.4. The maximum atomic E-state index is 13.0. The van der Waals surface area contributed by atoms with E-state index in [2.05, 4.69) is 10.3 Å². The summed E-state index contributed by atoms with van der Waals surface area (Å²) in [5.74, 6) is -0.145. The molecule has 3 rings (SSSR count). The van der Waals surface area contributed by atoms with Crippen LogP contribution in [-0.2, 0) is 11.0 Å². The Hall–Kier alpha value is -2.50. The fourth-order valence-electron chi connectivity index (χ4n) is 2.47. The predicted octanol–water partition coefficient (Wildman–Crippen LogP) is 4.73. The van der Waals surface area contributed by atoms with E-state index in [1.165, 1.54) is 23.9 Å². The molecular formula is C18H11ClF3N3OS. The Kier molecular flexibility index (Phi) is 5.44. The SMILES string of the molecule is N#Cc1ccc(NC(=O)C2CSC(c3cccc(Cl)c3)=N2)cc1C(F)(F)F. The van der Waals surface area contributed by atoms with Gasteiger partial charge in [-0.05, 0) is 30.3 Å². The van der Waals surface area contributed by atoms with Gasteiger partial charge in [0, 0.05) is 22.0 Å². The molecule has 2 aromatic carbocycles. The number of alkyl halides is 3. The zero-order chi connectivity index (χ0) is 19.6. The number of amides is 1. The summed E-state index contributed by atoms with van der Waals surface area (Å²) in [6.45, 7) is 0. The minimum absolute atomic E-state index is 0.0391. The summed E-state index contributed by atoms with van der Waals surface area (Å²) >= 11 is 7.32. The van der Waals surface area contributed by atoms with Gasteiger partial charge in [0.05, 0.1) is 22.2 Å². The number of thioether (sulfide) groups is 1. The number of hydrogen-bond acceptors (Lipinski definition) is 4. The Morgan fingerprint density at radius 2 is 2.07 bits per heavy atom. The zero-order valence-corrected chi connectivity index (χ0v) is 15.1. The van der Waals surface area contributed by atoms with Gasteiger partial charge in [0.15, 0.2) is 0 Å². The third-order valence-corrected chi connectivity index (χ3v) is 5.07. The van der Waals surface area contributed by atoms with E-state index in [-0.39, 0.29) is 5.69 Å². The third-order valence-electron chi connectivity index (χ3n) is 3.74. The average molecular weight is 410 g/mol. The van der Waals surface area contributed by atoms with Crippen molar-refractivity contribution in [1.82, 2.24) is 0 Å². The second kappa shape index (κ2) is 7.62. The molecule has 1 aliphatic rings. The zero-order valence-electron chi connectivity index (χ0n) is 13.5. The second-order valence-corrected chi connectivity index (χ2v) is 7.08. The number of aliphatic imine (C=N–C) groups is 1. The molecule has 1 N–H and O–H groups in total. The van der Waals surface area contributed by atoms with Crippen LogP contribution in [0, 0.1) is 11.3 Å². The standard InChI is InChI=1S/C18H11ClF3N3OS/c19-12-3-1-2-10(6-12)17-25-15(9-27-17)16(26)24-13-5-4-11(8-23)14(7-13)18(20,21)22/h1-7,15H,9H2,(H,24,26). The molecule has 4 nitrogen and oxygen atoms in total. The van der Waals surface area contributed by atoms with Crippen LogP contribution in [0.1, 0.15) is 16.7 Å². The highest BCUT2D eigenvalue weighted by molar-refractivity contribution is 8.14. The molecule has 0 aliphatic carbocycles. The van der Waals surface area contributed by atoms with E-state index in [0.29, 0.717) is 15.8 Å². The maximum absolute atomic E-state index is 13.0. The summed E-state index contributed by atoms with van der Waals surface area (Å²) in [6, 6.07) is 10.8. The summed E-state index contributed by atoms with van der Waals surface area (Å²) in [6.07, 6.45) is -4.69. The molecule has 1 amide bonds. The Labute approximate surface area is 162 Å². The monoisotopic (exact) mass is 409 g/mol. The van der Waals surface area contributed by atoms with Crippen molar-refractivity contribution in [2.75, 3.05) is 11.1 Å². The van der Waals surface area contributed by atoms with Crippen molar-refractivity contribution in [3.63, 3.8) is 0 Å². The van der Waals surface area contributed by atoms with E-state index in [9.17, 15) is 18.0 Å². The first kappa shape index (κ1) is 19.3. The van der Waals surface area contributed by atoms with Gasteiger partial charge in [-0.15, -0.1) is 11.8 Å². The molecular weight excluding hydrogens is 399 g/mol. The second-order valence-electron chi connectivity index (χ2n) is 5.63. The van der Waals surface area contributed by atoms with Crippen LogP contribution in [0.4, 0.5) is 18.9 Å². The quantitative estimate of drug-likeness (QED) is 0.796. The minimum atomic E-state index is -4.69. The van der Waals surface area contributed by atoms with Gasteiger partial charge in [0.2, 0.25) is 5.91 Å². The van der Waals surface area contributed by atoms with Crippen LogP contribution < -0.4 is 5.32 Å². The fourth-order valence-corrected chi connectivity index (χ4v) is 3.69. The van der Waals surface area contributed by atoms with E-state index >= 15 is 0 Å². The van der Waals surface area contributed by atoms with Gasteiger partial charge in [-0.1, -0.05) is 23.7 Å². The number of carbonyl (C=O) groups is 1. The van der Waals surface area contributed by atoms with Gasteiger partial charge < -0.3 is 5.32 Å². The molecule has 1 atom stereocenters. The maximum Gasteiger partial charge on any atom is 0.417 e. The molecule has 1 aliphatic heterocycles. The molecule has 138 valence electrons. The topological polar surface area (TPSA) is 65.2 Å². The van der Waals surface area contributed by atoms with E-state index in [1.54, 1.807) is 18.2 Å². The number of halogens is 4. The van der Waals surface area contributed by atoms with Crippen molar-refractivity contribution in [1.29, 1.82) is 5.26 Å². The van der Waals surface area contributed by atoms with Gasteiger partial charge in [-0.2, -0.15) is 18.4 Å². The van der Waals surface area contributed by atoms with Crippen LogP contribution >= 0.6 is 23.4 Å². The molecule has 1 unspecified atom stereocenters. The van der Waals surface area contributed by atoms with Gasteiger partial charge in [0.1, 0.15) is 6.04 Å². The molecule has 0 spiro atoms. The van der Waals surface area contributed by atoms with E-state index < -0.39 is 29.3 Å². The number of nitrogens with one attached hydrogen (secondary N) is 1. The highest BCUT2D eigenvalue weighted by Gasteiger charge is 2.34. The van der Waals surface area contributed by atoms with Crippen molar-refractivity contribution >= 4 is 40.0 Å². The smallest absolute Gasteiger partial charge is 0.324 e. The number of nitrogens with zero attached hydrogens (tertiary/aromatic N) is 2. The Morgan fingerprint density at radius 3 is 2.74 bits per heavy atom. The summed E-state index contributed by atoms with van der Waals surface area (Å²) < 4.78 is 39.1. The summed E-state index contributed by atoms with van der Waals surface area (Å²) in [5.41, 5.74) is -0.854. The van der Waals surface area contributed by atoms with Crippen molar-refractivity contribution in [2.45, 2.75) is 12.2 Å². The average Bonchev–Trinajstić information content (AvgIpc) is 3.11. The van der Waals surface area contributed by atoms with Crippen LogP contribution in [0.15, 0.2) is 47.5 Å². The lowest BCUT2D eigenvalue weighted by molar-refractivity contribution is -0.137. The highest BCUT2D eigenvalue weighted by Crippen LogP contribution is 2.34. The van der Waals surface area contributed by atoms with Crippen molar-refractivity contribution < 1.29 is 18.0 Å². The van der Waals surface area contributed by atoms with Crippen LogP contribution in [0.3, 0.4) is 0 Å². The van der Waals surface area contributed by atoms with Crippen LogP contribution in [0.2, 0.25) is 5.02 Å². The molecule has 2 aromatic rings. The van der Waals surface area contributed by atoms with Gasteiger partial charge in [-0.25, -0.2) is 0 Å². The number of nitriles is 1. The first-order valence-electron chi connectivity index (χ1n) is 7.66. The molecule has 0 saturated heterocycles. The van der Waals surface area contributed by atoms with Crippen molar-refractivity contribution in [2.24, 2.45) is 4.99 Å². The first-order valence-corrected chi connectivity index (χ1v) is 9.03. The number of anilines is 1. The Balaban J connectivity index is 1.78. The largest absolute Gasteiger partial charge is 0.417 e. The predicted molar refractivity (Wildman–Crippen MR) is 99.0 cm³/mol. The normalized spacial score (nSPS) is 16.6. The van der Waals surface area contributed by atoms with Crippen LogP contribution in [0.5, 0.6) is 0 Å². The fraction of sp³-hybridized carbons (Fsp3) is 0.167. The van der Waals surface area contributed by atoms with Gasteiger partial charge >= 0.3 is 6.18 Å². The highest BCUT2D eigenvalue weighted by atomic mass is 35.5. The lowest BCUT2D eigenvalue weighted by atomic mass is 10.1.